The number of thiophene rings is 1. The quantitative estimate of drug-likeness (QED) is 0.572. The topological polar surface area (TPSA) is 80.6 Å². The van der Waals surface area contributed by atoms with Crippen LogP contribution in [0.4, 0.5) is 0 Å². The van der Waals surface area contributed by atoms with Gasteiger partial charge in [0.05, 0.1) is 18.0 Å². The van der Waals surface area contributed by atoms with Crippen molar-refractivity contribution < 1.29 is 14.6 Å². The van der Waals surface area contributed by atoms with E-state index in [2.05, 4.69) is 11.4 Å². The minimum absolute atomic E-state index is 0. The molecule has 3 aromatic rings. The Hall–Kier alpha value is -2.35. The van der Waals surface area contributed by atoms with Crippen LogP contribution in [0.3, 0.4) is 0 Å². The number of carboxylic acids is 1. The van der Waals surface area contributed by atoms with Crippen LogP contribution in [0.25, 0.3) is 21.3 Å². The summed E-state index contributed by atoms with van der Waals surface area (Å²) in [5.74, 6) is -0.545. The van der Waals surface area contributed by atoms with Crippen LogP contribution in [0.1, 0.15) is 58.6 Å². The lowest BCUT2D eigenvalue weighted by Gasteiger charge is -2.21. The molecule has 0 bridgehead atoms. The highest BCUT2D eigenvalue weighted by molar-refractivity contribution is 7.15. The Morgan fingerprint density at radius 3 is 2.71 bits per heavy atom. The number of pyridine rings is 1. The van der Waals surface area contributed by atoms with Crippen molar-refractivity contribution in [2.24, 2.45) is 0 Å². The first kappa shape index (κ1) is 21.9. The molecule has 0 radical (unpaired) electrons. The summed E-state index contributed by atoms with van der Waals surface area (Å²) in [4.78, 5) is 27.0. The van der Waals surface area contributed by atoms with Crippen LogP contribution >= 0.6 is 23.7 Å². The van der Waals surface area contributed by atoms with Gasteiger partial charge < -0.3 is 19.7 Å². The zero-order valence-electron chi connectivity index (χ0n) is 17.4. The molecule has 2 aliphatic carbocycles. The van der Waals surface area contributed by atoms with Gasteiger partial charge in [-0.05, 0) is 62.9 Å². The number of aryl methyl sites for hydroxylation is 1. The highest BCUT2D eigenvalue weighted by Gasteiger charge is 2.30. The van der Waals surface area contributed by atoms with Gasteiger partial charge in [-0.1, -0.05) is 0 Å². The maximum atomic E-state index is 12.9. The van der Waals surface area contributed by atoms with Gasteiger partial charge in [0.1, 0.15) is 5.56 Å². The highest BCUT2D eigenvalue weighted by atomic mass is 35.5. The second kappa shape index (κ2) is 8.30. The highest BCUT2D eigenvalue weighted by Crippen LogP contribution is 2.46. The number of halogens is 1. The maximum absolute atomic E-state index is 12.9. The largest absolute Gasteiger partial charge is 0.494 e. The first-order chi connectivity index (χ1) is 14.5. The van der Waals surface area contributed by atoms with E-state index >= 15 is 0 Å². The van der Waals surface area contributed by atoms with Gasteiger partial charge in [0.25, 0.3) is 0 Å². The lowest BCUT2D eigenvalue weighted by atomic mass is 9.94. The van der Waals surface area contributed by atoms with E-state index in [0.29, 0.717) is 22.7 Å². The smallest absolute Gasteiger partial charge is 0.341 e. The van der Waals surface area contributed by atoms with Gasteiger partial charge in [-0.25, -0.2) is 4.79 Å². The Balaban J connectivity index is 0.00000231. The number of fused-ring (bicyclic) bond motifs is 2. The van der Waals surface area contributed by atoms with E-state index in [0.717, 1.165) is 36.1 Å². The SMILES string of the molecule is CNC1CCCc2cc(-c3ccc4c(=O)c(C(=O)O)cn(C5CC5)c4c3OC)sc21.Cl. The Kier molecular flexibility index (Phi) is 5.85. The molecule has 5 rings (SSSR count). The summed E-state index contributed by atoms with van der Waals surface area (Å²) in [6.07, 6.45) is 6.82. The van der Waals surface area contributed by atoms with Crippen molar-refractivity contribution in [3.63, 3.8) is 0 Å². The number of benzene rings is 1. The van der Waals surface area contributed by atoms with Gasteiger partial charge in [-0.2, -0.15) is 0 Å². The fraction of sp³-hybridized carbons (Fsp3) is 0.391. The van der Waals surface area contributed by atoms with E-state index < -0.39 is 11.4 Å². The summed E-state index contributed by atoms with van der Waals surface area (Å²) in [5.41, 5.74) is 2.39. The molecule has 0 spiro atoms. The summed E-state index contributed by atoms with van der Waals surface area (Å²) in [5, 5.41) is 13.3. The average Bonchev–Trinajstić information content (AvgIpc) is 3.50. The molecular formula is C23H25ClN2O4S. The number of aromatic nitrogens is 1. The molecule has 0 aliphatic heterocycles. The van der Waals surface area contributed by atoms with Crippen LogP contribution in [0, 0.1) is 0 Å². The number of carbonyl (C=O) groups is 1. The molecule has 2 aliphatic rings. The molecule has 1 aromatic carbocycles. The van der Waals surface area contributed by atoms with E-state index in [-0.39, 0.29) is 24.0 Å². The molecule has 6 nitrogen and oxygen atoms in total. The Labute approximate surface area is 190 Å². The second-order valence-electron chi connectivity index (χ2n) is 8.09. The van der Waals surface area contributed by atoms with Gasteiger partial charge in [-0.15, -0.1) is 23.7 Å². The molecule has 0 saturated heterocycles. The molecule has 1 saturated carbocycles. The second-order valence-corrected chi connectivity index (χ2v) is 9.18. The number of rotatable bonds is 5. The number of methoxy groups -OCH3 is 1. The predicted molar refractivity (Wildman–Crippen MR) is 125 cm³/mol. The summed E-state index contributed by atoms with van der Waals surface area (Å²) in [6.45, 7) is 0. The molecule has 2 aromatic heterocycles. The summed E-state index contributed by atoms with van der Waals surface area (Å²) >= 11 is 1.78. The predicted octanol–water partition coefficient (Wildman–Crippen LogP) is 4.79. The van der Waals surface area contributed by atoms with Gasteiger partial charge >= 0.3 is 5.97 Å². The number of aromatic carboxylic acids is 1. The van der Waals surface area contributed by atoms with Crippen molar-refractivity contribution in [3.8, 4) is 16.2 Å². The lowest BCUT2D eigenvalue weighted by molar-refractivity contribution is 0.0695. The van der Waals surface area contributed by atoms with Crippen molar-refractivity contribution >= 4 is 40.6 Å². The first-order valence-electron chi connectivity index (χ1n) is 10.3. The zero-order chi connectivity index (χ0) is 21.0. The van der Waals surface area contributed by atoms with E-state index in [1.54, 1.807) is 24.5 Å². The third-order valence-electron chi connectivity index (χ3n) is 6.23. The third-order valence-corrected chi connectivity index (χ3v) is 7.56. The minimum atomic E-state index is -1.19. The maximum Gasteiger partial charge on any atom is 0.341 e. The van der Waals surface area contributed by atoms with Crippen LogP contribution in [0.2, 0.25) is 0 Å². The van der Waals surface area contributed by atoms with Gasteiger partial charge in [0.2, 0.25) is 5.43 Å². The number of hydrogen-bond acceptors (Lipinski definition) is 5. The van der Waals surface area contributed by atoms with Crippen molar-refractivity contribution in [2.75, 3.05) is 14.2 Å². The molecular weight excluding hydrogens is 436 g/mol. The molecule has 1 fully saturated rings. The summed E-state index contributed by atoms with van der Waals surface area (Å²) in [7, 11) is 3.62. The standard InChI is InChI=1S/C23H24N2O4S.ClH/c1-24-17-5-3-4-12-10-18(30-22(12)17)14-8-9-15-19(21(14)29-2)25(13-6-7-13)11-16(20(15)26)23(27)28;/h8-11,13,17,24H,3-7H2,1-2H3,(H,27,28);1H. The van der Waals surface area contributed by atoms with Gasteiger partial charge in [0.15, 0.2) is 5.75 Å². The van der Waals surface area contributed by atoms with E-state index in [1.807, 2.05) is 17.7 Å². The Bertz CT molecular complexity index is 1230. The minimum Gasteiger partial charge on any atom is -0.494 e. The number of hydrogen-bond donors (Lipinski definition) is 2. The number of nitrogens with zero attached hydrogens (tertiary/aromatic N) is 1. The van der Waals surface area contributed by atoms with Gasteiger partial charge in [-0.3, -0.25) is 4.79 Å². The van der Waals surface area contributed by atoms with Crippen LogP contribution in [-0.2, 0) is 6.42 Å². The fourth-order valence-electron chi connectivity index (χ4n) is 4.58. The van der Waals surface area contributed by atoms with Crippen LogP contribution in [0.5, 0.6) is 5.75 Å². The number of ether oxygens (including phenoxy) is 1. The van der Waals surface area contributed by atoms with Crippen molar-refractivity contribution in [3.05, 3.63) is 50.6 Å². The van der Waals surface area contributed by atoms with E-state index in [1.165, 1.54) is 23.1 Å². The van der Waals surface area contributed by atoms with Gasteiger partial charge in [0, 0.05) is 33.6 Å². The van der Waals surface area contributed by atoms with Crippen molar-refractivity contribution in [1.82, 2.24) is 9.88 Å². The Morgan fingerprint density at radius 1 is 1.29 bits per heavy atom. The number of nitrogens with one attached hydrogen (secondary N) is 1. The molecule has 0 amide bonds. The Morgan fingerprint density at radius 2 is 2.06 bits per heavy atom. The van der Waals surface area contributed by atoms with E-state index in [4.69, 9.17) is 4.74 Å². The van der Waals surface area contributed by atoms with Crippen molar-refractivity contribution in [1.29, 1.82) is 0 Å². The zero-order valence-corrected chi connectivity index (χ0v) is 19.1. The van der Waals surface area contributed by atoms with Crippen molar-refractivity contribution in [2.45, 2.75) is 44.2 Å². The van der Waals surface area contributed by atoms with Crippen LogP contribution in [-0.4, -0.2) is 29.8 Å². The number of carboxylic acid groups (broad SMARTS) is 1. The molecule has 1 unspecified atom stereocenters. The fourth-order valence-corrected chi connectivity index (χ4v) is 5.96. The third kappa shape index (κ3) is 3.54. The molecule has 2 N–H and O–H groups in total. The molecule has 164 valence electrons. The van der Waals surface area contributed by atoms with Crippen LogP contribution < -0.4 is 15.5 Å². The lowest BCUT2D eigenvalue weighted by Crippen LogP contribution is -2.19. The average molecular weight is 461 g/mol. The monoisotopic (exact) mass is 460 g/mol. The molecule has 2 heterocycles. The van der Waals surface area contributed by atoms with E-state index in [9.17, 15) is 14.7 Å². The summed E-state index contributed by atoms with van der Waals surface area (Å²) in [6, 6.07) is 6.49. The molecule has 31 heavy (non-hydrogen) atoms. The normalized spacial score (nSPS) is 17.8. The molecule has 1 atom stereocenters. The molecule has 8 heteroatoms. The van der Waals surface area contributed by atoms with Crippen LogP contribution in [0.15, 0.2) is 29.2 Å². The first-order valence-corrected chi connectivity index (χ1v) is 11.1. The summed E-state index contributed by atoms with van der Waals surface area (Å²) < 4.78 is 7.79.